The number of aromatic amines is 1. The summed E-state index contributed by atoms with van der Waals surface area (Å²) in [4.78, 5) is 13.7. The minimum atomic E-state index is 0.144. The van der Waals surface area contributed by atoms with Crippen molar-refractivity contribution in [1.82, 2.24) is 20.6 Å². The number of hydrogen-bond acceptors (Lipinski definition) is 6. The molecule has 1 aromatic carbocycles. The molecule has 2 N–H and O–H groups in total. The predicted molar refractivity (Wildman–Crippen MR) is 84.2 cm³/mol. The maximum Gasteiger partial charge on any atom is 0.227 e. The second-order valence-corrected chi connectivity index (χ2v) is 5.20. The number of rotatable bonds is 4. The molecule has 0 aliphatic carbocycles. The molecule has 1 aliphatic heterocycles. The third kappa shape index (κ3) is 3.03. The molecular weight excluding hydrogens is 294 g/mol. The van der Waals surface area contributed by atoms with Crippen LogP contribution in [0.5, 0.6) is 0 Å². The Balaban J connectivity index is 1.84. The first kappa shape index (κ1) is 14.7. The first-order valence-corrected chi connectivity index (χ1v) is 7.20. The molecule has 3 rings (SSSR count). The second kappa shape index (κ2) is 6.27. The Hall–Kier alpha value is -3.21. The van der Waals surface area contributed by atoms with Crippen LogP contribution in [0.25, 0.3) is 5.57 Å². The van der Waals surface area contributed by atoms with E-state index in [9.17, 15) is 4.79 Å². The number of H-pyrrole nitrogens is 1. The smallest absolute Gasteiger partial charge is 0.227 e. The van der Waals surface area contributed by atoms with E-state index in [1.54, 1.807) is 4.90 Å². The van der Waals surface area contributed by atoms with Crippen LogP contribution in [0.3, 0.4) is 0 Å². The number of hydrogen-bond donors (Lipinski definition) is 2. The third-order valence-corrected chi connectivity index (χ3v) is 3.66. The molecule has 8 heteroatoms. The molecular formula is C15H15N7O. The number of nitrogens with one attached hydrogen (secondary N) is 2. The summed E-state index contributed by atoms with van der Waals surface area (Å²) in [5.74, 6) is 0.368. The molecule has 0 spiro atoms. The average molecular weight is 309 g/mol. The van der Waals surface area contributed by atoms with Gasteiger partial charge in [-0.25, -0.2) is 0 Å². The van der Waals surface area contributed by atoms with Gasteiger partial charge in [-0.15, -0.1) is 10.2 Å². The molecule has 0 radical (unpaired) electrons. The number of aromatic nitrogens is 4. The molecule has 0 atom stereocenters. The van der Waals surface area contributed by atoms with Gasteiger partial charge in [0.1, 0.15) is 11.6 Å². The van der Waals surface area contributed by atoms with Crippen LogP contribution in [0.1, 0.15) is 24.2 Å². The predicted octanol–water partition coefficient (Wildman–Crippen LogP) is 1.61. The zero-order valence-corrected chi connectivity index (χ0v) is 12.6. The van der Waals surface area contributed by atoms with Crippen molar-refractivity contribution in [3.05, 3.63) is 35.8 Å². The highest BCUT2D eigenvalue weighted by molar-refractivity contribution is 5.96. The van der Waals surface area contributed by atoms with Gasteiger partial charge >= 0.3 is 0 Å². The molecule has 23 heavy (non-hydrogen) atoms. The van der Waals surface area contributed by atoms with Gasteiger partial charge in [-0.05, 0) is 36.3 Å². The van der Waals surface area contributed by atoms with Crippen molar-refractivity contribution in [2.45, 2.75) is 19.8 Å². The van der Waals surface area contributed by atoms with Crippen molar-refractivity contribution >= 4 is 22.9 Å². The fourth-order valence-electron chi connectivity index (χ4n) is 2.47. The van der Waals surface area contributed by atoms with E-state index in [1.807, 2.05) is 31.2 Å². The SMILES string of the molecule is Cc1ccc(NC=C(C#N)c2nn[nH]n2)cc1N1CCCC1=O. The number of allylic oxidation sites excluding steroid dienone is 1. The van der Waals surface area contributed by atoms with Crippen molar-refractivity contribution in [2.75, 3.05) is 16.8 Å². The Morgan fingerprint density at radius 2 is 2.39 bits per heavy atom. The Morgan fingerprint density at radius 3 is 3.04 bits per heavy atom. The number of benzene rings is 1. The standard InChI is InChI=1S/C15H15N7O/c1-10-4-5-12(7-13(10)22-6-2-3-14(22)23)17-9-11(8-16)15-18-20-21-19-15/h4-5,7,9,17H,2-3,6H2,1H3,(H,18,19,20,21). The zero-order valence-electron chi connectivity index (χ0n) is 12.6. The molecule has 8 nitrogen and oxygen atoms in total. The van der Waals surface area contributed by atoms with E-state index >= 15 is 0 Å². The van der Waals surface area contributed by atoms with Gasteiger partial charge < -0.3 is 10.2 Å². The molecule has 0 bridgehead atoms. The average Bonchev–Trinajstić information content (AvgIpc) is 3.21. The minimum absolute atomic E-state index is 0.144. The summed E-state index contributed by atoms with van der Waals surface area (Å²) < 4.78 is 0. The summed E-state index contributed by atoms with van der Waals surface area (Å²) in [5.41, 5.74) is 2.97. The summed E-state index contributed by atoms with van der Waals surface area (Å²) in [6.07, 6.45) is 2.99. The monoisotopic (exact) mass is 309 g/mol. The molecule has 2 aromatic rings. The molecule has 1 aliphatic rings. The van der Waals surface area contributed by atoms with Crippen molar-refractivity contribution in [2.24, 2.45) is 0 Å². The molecule has 2 heterocycles. The van der Waals surface area contributed by atoms with Crippen LogP contribution in [-0.4, -0.2) is 33.1 Å². The van der Waals surface area contributed by atoms with Crippen molar-refractivity contribution in [3.63, 3.8) is 0 Å². The van der Waals surface area contributed by atoms with Crippen LogP contribution >= 0.6 is 0 Å². The van der Waals surface area contributed by atoms with Crippen LogP contribution < -0.4 is 10.2 Å². The first-order chi connectivity index (χ1) is 11.2. The van der Waals surface area contributed by atoms with Gasteiger partial charge in [-0.3, -0.25) is 4.79 Å². The van der Waals surface area contributed by atoms with Gasteiger partial charge in [0.2, 0.25) is 11.7 Å². The van der Waals surface area contributed by atoms with Gasteiger partial charge in [0.05, 0.1) is 0 Å². The van der Waals surface area contributed by atoms with Crippen LogP contribution in [-0.2, 0) is 4.79 Å². The summed E-state index contributed by atoms with van der Waals surface area (Å²) in [6.45, 7) is 2.71. The molecule has 1 amide bonds. The lowest BCUT2D eigenvalue weighted by Gasteiger charge is -2.19. The molecule has 1 fully saturated rings. The van der Waals surface area contributed by atoms with E-state index in [2.05, 4.69) is 25.9 Å². The first-order valence-electron chi connectivity index (χ1n) is 7.20. The van der Waals surface area contributed by atoms with Crippen molar-refractivity contribution in [1.29, 1.82) is 5.26 Å². The number of carbonyl (C=O) groups is 1. The lowest BCUT2D eigenvalue weighted by atomic mass is 10.1. The Kier molecular flexibility index (Phi) is 4.01. The quantitative estimate of drug-likeness (QED) is 0.830. The number of anilines is 2. The lowest BCUT2D eigenvalue weighted by molar-refractivity contribution is -0.117. The fraction of sp³-hybridized carbons (Fsp3) is 0.267. The number of aryl methyl sites for hydroxylation is 1. The molecule has 1 aromatic heterocycles. The third-order valence-electron chi connectivity index (χ3n) is 3.66. The van der Waals surface area contributed by atoms with E-state index in [-0.39, 0.29) is 17.3 Å². The maximum absolute atomic E-state index is 11.9. The topological polar surface area (TPSA) is 111 Å². The summed E-state index contributed by atoms with van der Waals surface area (Å²) >= 11 is 0. The highest BCUT2D eigenvalue weighted by Crippen LogP contribution is 2.28. The van der Waals surface area contributed by atoms with E-state index in [0.29, 0.717) is 6.42 Å². The van der Waals surface area contributed by atoms with Gasteiger partial charge in [0.25, 0.3) is 0 Å². The highest BCUT2D eigenvalue weighted by Gasteiger charge is 2.23. The minimum Gasteiger partial charge on any atom is -0.360 e. The molecule has 116 valence electrons. The maximum atomic E-state index is 11.9. The fourth-order valence-corrected chi connectivity index (χ4v) is 2.47. The van der Waals surface area contributed by atoms with Gasteiger partial charge in [-0.2, -0.15) is 10.5 Å². The van der Waals surface area contributed by atoms with Crippen LogP contribution in [0.4, 0.5) is 11.4 Å². The number of nitriles is 1. The molecule has 0 unspecified atom stereocenters. The van der Waals surface area contributed by atoms with Gasteiger partial charge in [0, 0.05) is 30.5 Å². The summed E-state index contributed by atoms with van der Waals surface area (Å²) in [5, 5.41) is 25.5. The Bertz CT molecular complexity index is 789. The van der Waals surface area contributed by atoms with Crippen molar-refractivity contribution < 1.29 is 4.79 Å². The molecule has 1 saturated heterocycles. The summed E-state index contributed by atoms with van der Waals surface area (Å²) in [7, 11) is 0. The normalized spacial score (nSPS) is 14.9. The van der Waals surface area contributed by atoms with E-state index in [4.69, 9.17) is 5.26 Å². The summed E-state index contributed by atoms with van der Waals surface area (Å²) in [6, 6.07) is 7.75. The number of carbonyl (C=O) groups excluding carboxylic acids is 1. The van der Waals surface area contributed by atoms with Crippen LogP contribution in [0.15, 0.2) is 24.4 Å². The number of tetrazole rings is 1. The van der Waals surface area contributed by atoms with Crippen molar-refractivity contribution in [3.8, 4) is 6.07 Å². The lowest BCUT2D eigenvalue weighted by Crippen LogP contribution is -2.24. The van der Waals surface area contributed by atoms with E-state index < -0.39 is 0 Å². The number of amides is 1. The Labute approximate surface area is 132 Å². The number of nitrogens with zero attached hydrogens (tertiary/aromatic N) is 5. The van der Waals surface area contributed by atoms with E-state index in [1.165, 1.54) is 6.20 Å². The van der Waals surface area contributed by atoms with Gasteiger partial charge in [-0.1, -0.05) is 6.07 Å². The zero-order chi connectivity index (χ0) is 16.2. The molecule has 0 saturated carbocycles. The van der Waals surface area contributed by atoms with Crippen LogP contribution in [0, 0.1) is 18.3 Å². The second-order valence-electron chi connectivity index (χ2n) is 5.20. The van der Waals surface area contributed by atoms with Crippen LogP contribution in [0.2, 0.25) is 0 Å². The van der Waals surface area contributed by atoms with E-state index in [0.717, 1.165) is 29.9 Å². The largest absolute Gasteiger partial charge is 0.360 e. The van der Waals surface area contributed by atoms with Gasteiger partial charge in [0.15, 0.2) is 0 Å². The highest BCUT2D eigenvalue weighted by atomic mass is 16.2. The Morgan fingerprint density at radius 1 is 1.52 bits per heavy atom.